The molecular formula is C12H20F3NO. The molecule has 0 aromatic rings. The lowest BCUT2D eigenvalue weighted by Gasteiger charge is -2.40. The Balaban J connectivity index is 1.79. The van der Waals surface area contributed by atoms with Gasteiger partial charge in [-0.2, -0.15) is 13.2 Å². The number of alkyl halides is 3. The van der Waals surface area contributed by atoms with Crippen LogP contribution in [0, 0.1) is 5.92 Å². The van der Waals surface area contributed by atoms with E-state index < -0.39 is 12.1 Å². The van der Waals surface area contributed by atoms with E-state index in [1.807, 2.05) is 0 Å². The van der Waals surface area contributed by atoms with Crippen molar-refractivity contribution in [2.24, 2.45) is 5.92 Å². The fourth-order valence-corrected chi connectivity index (χ4v) is 3.02. The third kappa shape index (κ3) is 3.35. The summed E-state index contributed by atoms with van der Waals surface area (Å²) in [6.45, 7) is 1.12. The first kappa shape index (κ1) is 13.1. The van der Waals surface area contributed by atoms with Crippen LogP contribution >= 0.6 is 0 Å². The molecule has 2 nitrogen and oxygen atoms in total. The molecule has 1 saturated carbocycles. The predicted octanol–water partition coefficient (Wildman–Crippen LogP) is 2.56. The van der Waals surface area contributed by atoms with Crippen LogP contribution in [-0.2, 0) is 0 Å². The highest BCUT2D eigenvalue weighted by Crippen LogP contribution is 2.35. The summed E-state index contributed by atoms with van der Waals surface area (Å²) in [5, 5.41) is 9.41. The molecule has 0 radical (unpaired) electrons. The van der Waals surface area contributed by atoms with E-state index in [0.717, 1.165) is 25.7 Å². The topological polar surface area (TPSA) is 23.5 Å². The van der Waals surface area contributed by atoms with E-state index in [-0.39, 0.29) is 18.9 Å². The number of nitrogens with zero attached hydrogens (tertiary/aromatic N) is 1. The molecule has 17 heavy (non-hydrogen) atoms. The first-order valence-corrected chi connectivity index (χ1v) is 6.45. The van der Waals surface area contributed by atoms with E-state index in [0.29, 0.717) is 19.1 Å². The number of hydrogen-bond acceptors (Lipinski definition) is 2. The minimum absolute atomic E-state index is 0.195. The van der Waals surface area contributed by atoms with E-state index in [2.05, 4.69) is 4.90 Å². The Morgan fingerprint density at radius 3 is 1.88 bits per heavy atom. The number of likely N-dealkylation sites (tertiary alicyclic amines) is 1. The van der Waals surface area contributed by atoms with E-state index >= 15 is 0 Å². The average Bonchev–Trinajstić information content (AvgIpc) is 2.29. The summed E-state index contributed by atoms with van der Waals surface area (Å²) in [7, 11) is 0. The van der Waals surface area contributed by atoms with Crippen LogP contribution in [-0.4, -0.2) is 41.4 Å². The van der Waals surface area contributed by atoms with Gasteiger partial charge in [0.15, 0.2) is 0 Å². The molecule has 1 aliphatic carbocycles. The van der Waals surface area contributed by atoms with E-state index in [1.54, 1.807) is 0 Å². The summed E-state index contributed by atoms with van der Waals surface area (Å²) < 4.78 is 37.5. The predicted molar refractivity (Wildman–Crippen MR) is 58.6 cm³/mol. The Bertz CT molecular complexity index is 241. The Kier molecular flexibility index (Phi) is 3.98. The summed E-state index contributed by atoms with van der Waals surface area (Å²) in [5.74, 6) is -1.10. The second kappa shape index (κ2) is 5.14. The number of aliphatic hydroxyl groups excluding tert-OH is 1. The van der Waals surface area contributed by atoms with Crippen LogP contribution in [0.5, 0.6) is 0 Å². The van der Waals surface area contributed by atoms with Crippen molar-refractivity contribution in [2.45, 2.75) is 56.8 Å². The fourth-order valence-electron chi connectivity index (χ4n) is 3.02. The highest BCUT2D eigenvalue weighted by molar-refractivity contribution is 4.84. The van der Waals surface area contributed by atoms with E-state index in [9.17, 15) is 18.3 Å². The third-order valence-electron chi connectivity index (χ3n) is 4.18. The molecule has 1 N–H and O–H groups in total. The van der Waals surface area contributed by atoms with Gasteiger partial charge in [-0.3, -0.25) is 0 Å². The number of piperidine rings is 1. The van der Waals surface area contributed by atoms with Crippen LogP contribution in [0.15, 0.2) is 0 Å². The Hall–Kier alpha value is -0.290. The quantitative estimate of drug-likeness (QED) is 0.774. The fraction of sp³-hybridized carbons (Fsp3) is 1.00. The van der Waals surface area contributed by atoms with Crippen LogP contribution in [0.1, 0.15) is 38.5 Å². The lowest BCUT2D eigenvalue weighted by molar-refractivity contribution is -0.186. The zero-order chi connectivity index (χ0) is 12.5. The molecule has 0 bridgehead atoms. The van der Waals surface area contributed by atoms with Gasteiger partial charge in [0.1, 0.15) is 0 Å². The number of rotatable bonds is 1. The van der Waals surface area contributed by atoms with Gasteiger partial charge in [0, 0.05) is 6.04 Å². The summed E-state index contributed by atoms with van der Waals surface area (Å²) in [4.78, 5) is 2.19. The molecule has 0 aromatic carbocycles. The molecule has 0 amide bonds. The molecule has 2 fully saturated rings. The van der Waals surface area contributed by atoms with Crippen LogP contribution < -0.4 is 0 Å². The molecule has 1 heterocycles. The minimum atomic E-state index is -4.02. The lowest BCUT2D eigenvalue weighted by Crippen LogP contribution is -2.45. The third-order valence-corrected chi connectivity index (χ3v) is 4.18. The van der Waals surface area contributed by atoms with Gasteiger partial charge in [0.2, 0.25) is 0 Å². The van der Waals surface area contributed by atoms with Gasteiger partial charge in [-0.25, -0.2) is 0 Å². The van der Waals surface area contributed by atoms with Gasteiger partial charge in [-0.05, 0) is 51.6 Å². The summed E-state index contributed by atoms with van der Waals surface area (Å²) in [5.41, 5.74) is 0. The highest BCUT2D eigenvalue weighted by Gasteiger charge is 2.42. The average molecular weight is 251 g/mol. The molecule has 100 valence electrons. The molecule has 1 aliphatic heterocycles. The van der Waals surface area contributed by atoms with Gasteiger partial charge in [0.25, 0.3) is 0 Å². The Morgan fingerprint density at radius 1 is 0.882 bits per heavy atom. The minimum Gasteiger partial charge on any atom is -0.393 e. The molecule has 0 spiro atoms. The monoisotopic (exact) mass is 251 g/mol. The van der Waals surface area contributed by atoms with Crippen LogP contribution in [0.3, 0.4) is 0 Å². The van der Waals surface area contributed by atoms with Crippen molar-refractivity contribution in [1.82, 2.24) is 4.90 Å². The van der Waals surface area contributed by atoms with Crippen LogP contribution in [0.25, 0.3) is 0 Å². The SMILES string of the molecule is OC1CCC(N2CCC(C(F)(F)F)CC2)CC1. The highest BCUT2D eigenvalue weighted by atomic mass is 19.4. The van der Waals surface area contributed by atoms with Crippen molar-refractivity contribution in [3.05, 3.63) is 0 Å². The molecule has 0 unspecified atom stereocenters. The van der Waals surface area contributed by atoms with Crippen molar-refractivity contribution in [2.75, 3.05) is 13.1 Å². The number of halogens is 3. The van der Waals surface area contributed by atoms with E-state index in [1.165, 1.54) is 0 Å². The van der Waals surface area contributed by atoms with E-state index in [4.69, 9.17) is 0 Å². The maximum Gasteiger partial charge on any atom is 0.391 e. The van der Waals surface area contributed by atoms with Gasteiger partial charge < -0.3 is 10.0 Å². The summed E-state index contributed by atoms with van der Waals surface area (Å²) in [6.07, 6.45) is -0.289. The maximum atomic E-state index is 12.5. The Morgan fingerprint density at radius 2 is 1.41 bits per heavy atom. The normalized spacial score (nSPS) is 33.9. The second-order valence-electron chi connectivity index (χ2n) is 5.31. The van der Waals surface area contributed by atoms with Crippen molar-refractivity contribution in [3.8, 4) is 0 Å². The van der Waals surface area contributed by atoms with Crippen LogP contribution in [0.2, 0.25) is 0 Å². The van der Waals surface area contributed by atoms with Gasteiger partial charge in [-0.1, -0.05) is 0 Å². The van der Waals surface area contributed by atoms with Gasteiger partial charge in [-0.15, -0.1) is 0 Å². The smallest absolute Gasteiger partial charge is 0.391 e. The summed E-state index contributed by atoms with van der Waals surface area (Å²) in [6, 6.07) is 0.396. The zero-order valence-corrected chi connectivity index (χ0v) is 9.92. The molecule has 0 atom stereocenters. The molecule has 1 saturated heterocycles. The molecule has 2 rings (SSSR count). The lowest BCUT2D eigenvalue weighted by atomic mass is 9.89. The standard InChI is InChI=1S/C12H20F3NO/c13-12(14,15)9-5-7-16(8-6-9)10-1-3-11(17)4-2-10/h9-11,17H,1-8H2. The first-order chi connectivity index (χ1) is 7.97. The molecular weight excluding hydrogens is 231 g/mol. The number of hydrogen-bond donors (Lipinski definition) is 1. The van der Waals surface area contributed by atoms with Gasteiger partial charge >= 0.3 is 6.18 Å². The van der Waals surface area contributed by atoms with Crippen molar-refractivity contribution >= 4 is 0 Å². The first-order valence-electron chi connectivity index (χ1n) is 6.45. The summed E-state index contributed by atoms with van der Waals surface area (Å²) >= 11 is 0. The molecule has 0 aromatic heterocycles. The zero-order valence-electron chi connectivity index (χ0n) is 9.92. The largest absolute Gasteiger partial charge is 0.393 e. The number of aliphatic hydroxyl groups is 1. The Labute approximate surface area is 99.8 Å². The van der Waals surface area contributed by atoms with Crippen LogP contribution in [0.4, 0.5) is 13.2 Å². The molecule has 5 heteroatoms. The van der Waals surface area contributed by atoms with Crippen molar-refractivity contribution in [3.63, 3.8) is 0 Å². The van der Waals surface area contributed by atoms with Crippen molar-refractivity contribution in [1.29, 1.82) is 0 Å². The van der Waals surface area contributed by atoms with Gasteiger partial charge in [0.05, 0.1) is 12.0 Å². The second-order valence-corrected chi connectivity index (χ2v) is 5.31. The maximum absolute atomic E-state index is 12.5. The van der Waals surface area contributed by atoms with Crippen molar-refractivity contribution < 1.29 is 18.3 Å². The molecule has 2 aliphatic rings.